The van der Waals surface area contributed by atoms with Crippen LogP contribution in [-0.2, 0) is 34.0 Å². The summed E-state index contributed by atoms with van der Waals surface area (Å²) in [6.07, 6.45) is 4.75. The highest BCUT2D eigenvalue weighted by atomic mass is 16.5. The minimum atomic E-state index is -0.681. The number of methoxy groups -OCH3 is 1. The summed E-state index contributed by atoms with van der Waals surface area (Å²) in [5.41, 5.74) is 9.38. The maximum Gasteiger partial charge on any atom is 0.255 e. The number of aromatic hydroxyl groups is 1. The molecule has 0 bridgehead atoms. The number of nitrogens with one attached hydrogen (secondary N) is 1. The molecule has 1 atom stereocenters. The Morgan fingerprint density at radius 3 is 2.28 bits per heavy atom. The molecule has 0 radical (unpaired) electrons. The number of imide groups is 1. The van der Waals surface area contributed by atoms with E-state index in [1.807, 2.05) is 29.2 Å². The highest BCUT2D eigenvalue weighted by molar-refractivity contribution is 6.06. The van der Waals surface area contributed by atoms with Gasteiger partial charge in [0.05, 0.1) is 20.2 Å². The van der Waals surface area contributed by atoms with Crippen LogP contribution in [-0.4, -0.2) is 89.3 Å². The molecule has 0 aromatic heterocycles. The van der Waals surface area contributed by atoms with E-state index in [4.69, 9.17) is 4.74 Å². The summed E-state index contributed by atoms with van der Waals surface area (Å²) >= 11 is 0. The van der Waals surface area contributed by atoms with Gasteiger partial charge in [-0.15, -0.1) is 0 Å². The largest absolute Gasteiger partial charge is 0.508 e. The predicted octanol–water partition coefficient (Wildman–Crippen LogP) is 6.87. The van der Waals surface area contributed by atoms with Crippen molar-refractivity contribution < 1.29 is 29.0 Å². The van der Waals surface area contributed by atoms with Gasteiger partial charge in [-0.2, -0.15) is 0 Å². The van der Waals surface area contributed by atoms with E-state index in [2.05, 4.69) is 75.8 Å². The number of amides is 4. The van der Waals surface area contributed by atoms with Crippen LogP contribution in [0.3, 0.4) is 0 Å². The van der Waals surface area contributed by atoms with Crippen molar-refractivity contribution in [2.45, 2.75) is 64.2 Å². The molecule has 5 aliphatic heterocycles. The fourth-order valence-electron chi connectivity index (χ4n) is 10.6. The van der Waals surface area contributed by atoms with Gasteiger partial charge in [0.15, 0.2) is 0 Å². The van der Waals surface area contributed by atoms with E-state index in [9.17, 15) is 24.3 Å². The number of ether oxygens (including phenoxy) is 1. The fourth-order valence-corrected chi connectivity index (χ4v) is 10.6. The summed E-state index contributed by atoms with van der Waals surface area (Å²) < 4.78 is 5.89. The number of fused-ring (bicyclic) bond motifs is 3. The highest BCUT2D eigenvalue weighted by Gasteiger charge is 2.43. The lowest BCUT2D eigenvalue weighted by molar-refractivity contribution is -0.137. The van der Waals surface area contributed by atoms with Crippen molar-refractivity contribution in [2.24, 2.45) is 5.41 Å². The molecule has 11 heteroatoms. The van der Waals surface area contributed by atoms with Crippen LogP contribution in [0.25, 0.3) is 33.0 Å². The Morgan fingerprint density at radius 1 is 0.800 bits per heavy atom. The number of piperidine rings is 3. The minimum absolute atomic E-state index is 0.139. The number of nitrogens with zero attached hydrogens (tertiary/aromatic N) is 4. The number of carbonyl (C=O) groups is 4. The first kappa shape index (κ1) is 38.0. The van der Waals surface area contributed by atoms with E-state index in [-0.39, 0.29) is 41.9 Å². The molecular weight excluding hydrogens is 755 g/mol. The second-order valence-electron chi connectivity index (χ2n) is 17.3. The second kappa shape index (κ2) is 15.1. The Hall–Kier alpha value is -6.20. The molecule has 2 N–H and O–H groups in total. The first-order chi connectivity index (χ1) is 29.2. The third-order valence-electron chi connectivity index (χ3n) is 13.9. The molecule has 1 spiro atoms. The molecule has 60 heavy (non-hydrogen) atoms. The monoisotopic (exact) mass is 803 g/mol. The molecular formula is C49H49N5O6. The van der Waals surface area contributed by atoms with Crippen molar-refractivity contribution in [1.82, 2.24) is 20.0 Å². The normalized spacial score (nSPS) is 20.1. The second-order valence-corrected chi connectivity index (χ2v) is 17.3. The van der Waals surface area contributed by atoms with Crippen molar-refractivity contribution in [3.05, 3.63) is 113 Å². The minimum Gasteiger partial charge on any atom is -0.508 e. The summed E-state index contributed by atoms with van der Waals surface area (Å²) in [7, 11) is 1.61. The van der Waals surface area contributed by atoms with Crippen molar-refractivity contribution in [2.75, 3.05) is 44.7 Å². The molecule has 5 aromatic rings. The van der Waals surface area contributed by atoms with Gasteiger partial charge in [0.1, 0.15) is 17.5 Å². The number of benzene rings is 5. The van der Waals surface area contributed by atoms with Crippen molar-refractivity contribution in [3.8, 4) is 33.8 Å². The molecule has 11 nitrogen and oxygen atoms in total. The summed E-state index contributed by atoms with van der Waals surface area (Å²) in [6.45, 7) is 5.18. The van der Waals surface area contributed by atoms with Gasteiger partial charge in [0.2, 0.25) is 17.7 Å². The number of hydrogen-bond acceptors (Lipinski definition) is 8. The summed E-state index contributed by atoms with van der Waals surface area (Å²) in [6, 6.07) is 30.5. The lowest BCUT2D eigenvalue weighted by Crippen LogP contribution is -2.52. The number of phenols is 1. The predicted molar refractivity (Wildman–Crippen MR) is 229 cm³/mol. The first-order valence-electron chi connectivity index (χ1n) is 21.2. The topological polar surface area (TPSA) is 123 Å². The number of carbonyl (C=O) groups excluding carboxylic acids is 4. The number of likely N-dealkylation sites (tertiary alicyclic amines) is 1. The third-order valence-corrected chi connectivity index (χ3v) is 13.9. The van der Waals surface area contributed by atoms with Crippen LogP contribution in [0.15, 0.2) is 91.0 Å². The summed E-state index contributed by atoms with van der Waals surface area (Å²) in [5.74, 6) is 0.0972. The van der Waals surface area contributed by atoms with Crippen LogP contribution < -0.4 is 15.0 Å². The standard InChI is InChI=1S/C49H49N5O6/c1-60-46-40-28-51(27-34(40)26-39-41(46)29-54(48(39)59)42-15-16-43(56)50-47(42)58)30-44(57)53-23-19-49(20-24-53)17-21-52(22-18-49)35-10-7-32(8-11-35)45-37(31-5-3-2-4-6-31)13-9-33-25-36(55)12-14-38(33)45/h2-14,25-26,42,55H,15-24,27-30H2,1H3,(H,50,56,58). The fraction of sp³-hybridized carbons (Fsp3) is 0.347. The van der Waals surface area contributed by atoms with Crippen LogP contribution in [0, 0.1) is 5.41 Å². The molecule has 10 rings (SSSR count). The molecule has 0 aliphatic carbocycles. The van der Waals surface area contributed by atoms with Crippen LogP contribution >= 0.6 is 0 Å². The molecule has 5 aromatic carbocycles. The Morgan fingerprint density at radius 2 is 1.55 bits per heavy atom. The molecule has 306 valence electrons. The van der Waals surface area contributed by atoms with Crippen molar-refractivity contribution >= 4 is 40.1 Å². The molecule has 5 aliphatic rings. The zero-order valence-electron chi connectivity index (χ0n) is 33.9. The van der Waals surface area contributed by atoms with Gasteiger partial charge in [-0.05, 0) is 106 Å². The molecule has 5 heterocycles. The molecule has 0 saturated carbocycles. The Kier molecular flexibility index (Phi) is 9.58. The molecule has 1 unspecified atom stereocenters. The van der Waals surface area contributed by atoms with Gasteiger partial charge in [-0.25, -0.2) is 0 Å². The maximum atomic E-state index is 13.7. The van der Waals surface area contributed by atoms with Crippen molar-refractivity contribution in [3.63, 3.8) is 0 Å². The lowest BCUT2D eigenvalue weighted by Gasteiger charge is -2.47. The summed E-state index contributed by atoms with van der Waals surface area (Å²) in [5, 5.41) is 14.7. The van der Waals surface area contributed by atoms with Gasteiger partial charge in [-0.3, -0.25) is 29.4 Å². The highest BCUT2D eigenvalue weighted by Crippen LogP contribution is 2.45. The van der Waals surface area contributed by atoms with Gasteiger partial charge >= 0.3 is 0 Å². The quantitative estimate of drug-likeness (QED) is 0.171. The summed E-state index contributed by atoms with van der Waals surface area (Å²) in [4.78, 5) is 59.8. The van der Waals surface area contributed by atoms with E-state index in [0.29, 0.717) is 37.4 Å². The lowest BCUT2D eigenvalue weighted by atomic mass is 9.71. The number of anilines is 1. The molecule has 4 amide bonds. The van der Waals surface area contributed by atoms with E-state index < -0.39 is 11.9 Å². The van der Waals surface area contributed by atoms with Gasteiger partial charge < -0.3 is 24.5 Å². The number of hydrogen-bond donors (Lipinski definition) is 2. The van der Waals surface area contributed by atoms with Crippen molar-refractivity contribution in [1.29, 1.82) is 0 Å². The molecule has 3 fully saturated rings. The van der Waals surface area contributed by atoms with Gasteiger partial charge in [0, 0.05) is 68.1 Å². The van der Waals surface area contributed by atoms with Gasteiger partial charge in [0.25, 0.3) is 5.91 Å². The average molecular weight is 804 g/mol. The SMILES string of the molecule is COc1c2c(cc3c1CN(C1CCC(=O)NC1=O)C3=O)CN(CC(=O)N1CCC3(CC1)CCN(c1ccc(-c4c(-c5ccccc5)ccc5cc(O)ccc45)cc1)CC3)C2. The molecule has 3 saturated heterocycles. The Bertz CT molecular complexity index is 2540. The van der Waals surface area contributed by atoms with E-state index in [0.717, 1.165) is 96.0 Å². The van der Waals surface area contributed by atoms with Crippen LogP contribution in [0.5, 0.6) is 11.5 Å². The van der Waals surface area contributed by atoms with E-state index in [1.165, 1.54) is 11.3 Å². The van der Waals surface area contributed by atoms with Gasteiger partial charge in [-0.1, -0.05) is 60.7 Å². The van der Waals surface area contributed by atoms with Crippen LogP contribution in [0.2, 0.25) is 0 Å². The van der Waals surface area contributed by atoms with E-state index >= 15 is 0 Å². The number of phenolic OH excluding ortho intramolecular Hbond substituents is 1. The number of rotatable bonds is 7. The van der Waals surface area contributed by atoms with Crippen LogP contribution in [0.1, 0.15) is 65.6 Å². The zero-order chi connectivity index (χ0) is 41.1. The Balaban J connectivity index is 0.751. The zero-order valence-corrected chi connectivity index (χ0v) is 33.9. The van der Waals surface area contributed by atoms with Crippen LogP contribution in [0.4, 0.5) is 5.69 Å². The third kappa shape index (κ3) is 6.74. The Labute approximate surface area is 349 Å². The average Bonchev–Trinajstić information content (AvgIpc) is 3.82. The smallest absolute Gasteiger partial charge is 0.255 e. The first-order valence-corrected chi connectivity index (χ1v) is 21.2. The maximum absolute atomic E-state index is 13.7. The van der Waals surface area contributed by atoms with E-state index in [1.54, 1.807) is 18.1 Å².